The Morgan fingerprint density at radius 3 is 2.53 bits per heavy atom. The molecule has 3 aliphatic rings. The van der Waals surface area contributed by atoms with Crippen molar-refractivity contribution in [3.8, 4) is 0 Å². The van der Waals surface area contributed by atoms with Crippen molar-refractivity contribution in [3.63, 3.8) is 0 Å². The molecule has 0 aliphatic heterocycles. The average Bonchev–Trinajstić information content (AvgIpc) is 2.72. The van der Waals surface area contributed by atoms with Crippen LogP contribution in [0.15, 0.2) is 0 Å². The molecule has 0 aromatic carbocycles. The van der Waals surface area contributed by atoms with E-state index in [1.807, 2.05) is 0 Å². The molecule has 2 heteroatoms. The van der Waals surface area contributed by atoms with Crippen LogP contribution in [0.1, 0.15) is 39.5 Å². The summed E-state index contributed by atoms with van der Waals surface area (Å²) in [6.07, 6.45) is 5.43. The van der Waals surface area contributed by atoms with E-state index >= 15 is 0 Å². The van der Waals surface area contributed by atoms with Crippen molar-refractivity contribution < 1.29 is 9.53 Å². The van der Waals surface area contributed by atoms with Crippen LogP contribution in [0.2, 0.25) is 0 Å². The van der Waals surface area contributed by atoms with Gasteiger partial charge in [-0.1, -0.05) is 6.92 Å². The highest BCUT2D eigenvalue weighted by atomic mass is 16.5. The highest BCUT2D eigenvalue weighted by Gasteiger charge is 2.55. The van der Waals surface area contributed by atoms with E-state index in [1.165, 1.54) is 19.8 Å². The molecule has 0 saturated heterocycles. The van der Waals surface area contributed by atoms with Gasteiger partial charge in [0.25, 0.3) is 0 Å². The Morgan fingerprint density at radius 1 is 1.07 bits per heavy atom. The topological polar surface area (TPSA) is 26.3 Å². The van der Waals surface area contributed by atoms with Crippen molar-refractivity contribution in [1.82, 2.24) is 0 Å². The van der Waals surface area contributed by atoms with Gasteiger partial charge in [-0.05, 0) is 55.3 Å². The second-order valence-corrected chi connectivity index (χ2v) is 5.90. The van der Waals surface area contributed by atoms with E-state index in [1.54, 1.807) is 0 Å². The Kier molecular flexibility index (Phi) is 2.08. The van der Waals surface area contributed by atoms with Crippen LogP contribution >= 0.6 is 0 Å². The number of hydrogen-bond acceptors (Lipinski definition) is 2. The molecule has 0 spiro atoms. The number of hydrogen-bond donors (Lipinski definition) is 0. The highest BCUT2D eigenvalue weighted by Crippen LogP contribution is 2.61. The molecule has 4 unspecified atom stereocenters. The zero-order valence-corrected chi connectivity index (χ0v) is 9.61. The third kappa shape index (κ3) is 1.41. The smallest absolute Gasteiger partial charge is 0.302 e. The summed E-state index contributed by atoms with van der Waals surface area (Å²) in [7, 11) is 0. The average molecular weight is 208 g/mol. The molecule has 3 fully saturated rings. The summed E-state index contributed by atoms with van der Waals surface area (Å²) < 4.78 is 5.37. The van der Waals surface area contributed by atoms with E-state index in [4.69, 9.17) is 4.74 Å². The maximum atomic E-state index is 10.9. The minimum Gasteiger partial charge on any atom is -0.463 e. The Hall–Kier alpha value is -0.530. The molecule has 15 heavy (non-hydrogen) atoms. The first-order valence-electron chi connectivity index (χ1n) is 6.32. The molecule has 0 aromatic rings. The van der Waals surface area contributed by atoms with E-state index < -0.39 is 0 Å². The summed E-state index contributed by atoms with van der Waals surface area (Å²) in [6.45, 7) is 3.94. The molecule has 0 amide bonds. The van der Waals surface area contributed by atoms with Gasteiger partial charge in [-0.15, -0.1) is 0 Å². The van der Waals surface area contributed by atoms with Gasteiger partial charge in [0, 0.05) is 6.92 Å². The normalized spacial score (nSPS) is 51.9. The van der Waals surface area contributed by atoms with Crippen LogP contribution < -0.4 is 0 Å². The van der Waals surface area contributed by atoms with Gasteiger partial charge >= 0.3 is 5.97 Å². The van der Waals surface area contributed by atoms with Gasteiger partial charge in [-0.3, -0.25) is 4.79 Å². The highest BCUT2D eigenvalue weighted by molar-refractivity contribution is 5.66. The lowest BCUT2D eigenvalue weighted by Crippen LogP contribution is -2.22. The maximum Gasteiger partial charge on any atom is 0.302 e. The van der Waals surface area contributed by atoms with Crippen LogP contribution in [-0.4, -0.2) is 12.1 Å². The van der Waals surface area contributed by atoms with Crippen molar-refractivity contribution in [2.75, 3.05) is 0 Å². The van der Waals surface area contributed by atoms with Gasteiger partial charge in [-0.25, -0.2) is 0 Å². The summed E-state index contributed by atoms with van der Waals surface area (Å²) in [4.78, 5) is 10.9. The number of ether oxygens (including phenoxy) is 1. The van der Waals surface area contributed by atoms with Crippen molar-refractivity contribution in [2.45, 2.75) is 45.6 Å². The zero-order valence-electron chi connectivity index (χ0n) is 9.61. The molecule has 3 saturated carbocycles. The molecule has 3 rings (SSSR count). The predicted molar refractivity (Wildman–Crippen MR) is 57.1 cm³/mol. The van der Waals surface area contributed by atoms with Crippen LogP contribution in [-0.2, 0) is 9.53 Å². The quantitative estimate of drug-likeness (QED) is 0.619. The molecule has 0 heterocycles. The predicted octanol–water partition coefficient (Wildman–Crippen LogP) is 2.62. The number of carbonyl (C=O) groups excluding carboxylic acids is 1. The van der Waals surface area contributed by atoms with E-state index in [-0.39, 0.29) is 12.1 Å². The van der Waals surface area contributed by atoms with Crippen LogP contribution in [0.5, 0.6) is 0 Å². The number of esters is 1. The molecular weight excluding hydrogens is 188 g/mol. The molecule has 0 N–H and O–H groups in total. The van der Waals surface area contributed by atoms with E-state index in [2.05, 4.69) is 6.92 Å². The minimum atomic E-state index is -0.0969. The largest absolute Gasteiger partial charge is 0.463 e. The summed E-state index contributed by atoms with van der Waals surface area (Å²) in [5.74, 6) is 4.49. The SMILES string of the molecule is CC(=O)OC1CC2C3C[C@@H](C)[C@@H](C3)C2C1. The molecule has 0 radical (unpaired) electrons. The van der Waals surface area contributed by atoms with Gasteiger partial charge in [0.1, 0.15) is 6.10 Å². The van der Waals surface area contributed by atoms with Crippen LogP contribution in [0, 0.1) is 29.6 Å². The summed E-state index contributed by atoms with van der Waals surface area (Å²) >= 11 is 0. The van der Waals surface area contributed by atoms with Crippen molar-refractivity contribution in [1.29, 1.82) is 0 Å². The summed E-state index contributed by atoms with van der Waals surface area (Å²) in [6, 6.07) is 0. The van der Waals surface area contributed by atoms with Gasteiger partial charge < -0.3 is 4.74 Å². The second-order valence-electron chi connectivity index (χ2n) is 5.90. The van der Waals surface area contributed by atoms with Crippen LogP contribution in [0.3, 0.4) is 0 Å². The van der Waals surface area contributed by atoms with Gasteiger partial charge in [-0.2, -0.15) is 0 Å². The number of rotatable bonds is 1. The third-order valence-electron chi connectivity index (χ3n) is 5.09. The maximum absolute atomic E-state index is 10.9. The van der Waals surface area contributed by atoms with Gasteiger partial charge in [0.05, 0.1) is 0 Å². The molecule has 6 atom stereocenters. The molecule has 2 bridgehead atoms. The van der Waals surface area contributed by atoms with E-state index in [0.29, 0.717) is 0 Å². The lowest BCUT2D eigenvalue weighted by atomic mass is 9.77. The fraction of sp³-hybridized carbons (Fsp3) is 0.923. The Morgan fingerprint density at radius 2 is 1.80 bits per heavy atom. The number of carbonyl (C=O) groups is 1. The molecule has 2 nitrogen and oxygen atoms in total. The monoisotopic (exact) mass is 208 g/mol. The zero-order chi connectivity index (χ0) is 10.6. The first-order valence-corrected chi connectivity index (χ1v) is 6.32. The first-order chi connectivity index (χ1) is 7.15. The molecular formula is C13H20O2. The molecule has 0 aromatic heterocycles. The fourth-order valence-corrected chi connectivity index (χ4v) is 4.70. The van der Waals surface area contributed by atoms with Crippen LogP contribution in [0.25, 0.3) is 0 Å². The lowest BCUT2D eigenvalue weighted by Gasteiger charge is -2.28. The number of fused-ring (bicyclic) bond motifs is 5. The van der Waals surface area contributed by atoms with Crippen LogP contribution in [0.4, 0.5) is 0 Å². The van der Waals surface area contributed by atoms with Crippen molar-refractivity contribution in [2.24, 2.45) is 29.6 Å². The lowest BCUT2D eigenvalue weighted by molar-refractivity contribution is -0.146. The van der Waals surface area contributed by atoms with Crippen molar-refractivity contribution in [3.05, 3.63) is 0 Å². The minimum absolute atomic E-state index is 0.0969. The standard InChI is InChI=1S/C13H20O2/c1-7-3-9-4-11(7)13-6-10(5-12(9)13)15-8(2)14/h7,9-13H,3-6H2,1-2H3/t7-,9?,10?,11-,12?,13?/m1/s1. The third-order valence-corrected chi connectivity index (χ3v) is 5.09. The van der Waals surface area contributed by atoms with Gasteiger partial charge in [0.2, 0.25) is 0 Å². The van der Waals surface area contributed by atoms with E-state index in [9.17, 15) is 4.79 Å². The second kappa shape index (κ2) is 3.23. The van der Waals surface area contributed by atoms with Crippen molar-refractivity contribution >= 4 is 5.97 Å². The molecule has 84 valence electrons. The Labute approximate surface area is 91.4 Å². The fourth-order valence-electron chi connectivity index (χ4n) is 4.70. The van der Waals surface area contributed by atoms with Gasteiger partial charge in [0.15, 0.2) is 0 Å². The van der Waals surface area contributed by atoms with E-state index in [0.717, 1.165) is 42.4 Å². The summed E-state index contributed by atoms with van der Waals surface area (Å²) in [5.41, 5.74) is 0. The Bertz CT molecular complexity index is 286. The Balaban J connectivity index is 1.69. The molecule has 3 aliphatic carbocycles. The summed E-state index contributed by atoms with van der Waals surface area (Å²) in [5, 5.41) is 0. The first kappa shape index (κ1) is 9.68.